The topological polar surface area (TPSA) is 51.7 Å². The Morgan fingerprint density at radius 2 is 2.25 bits per heavy atom. The Labute approximate surface area is 144 Å². The first-order valence-corrected chi connectivity index (χ1v) is 8.47. The van der Waals surface area contributed by atoms with Crippen molar-refractivity contribution in [1.29, 1.82) is 0 Å². The van der Waals surface area contributed by atoms with Crippen molar-refractivity contribution in [3.05, 3.63) is 36.7 Å². The van der Waals surface area contributed by atoms with Crippen molar-refractivity contribution < 1.29 is 14.3 Å². The molecular formula is C19H28N2O3. The Morgan fingerprint density at radius 1 is 1.50 bits per heavy atom. The summed E-state index contributed by atoms with van der Waals surface area (Å²) in [7, 11) is 0. The SMILES string of the molecule is C=C[C@H](C)Cc1cncc(OC[C@@H]2CCN2C(=O)OC(C)(C)C)c1. The van der Waals surface area contributed by atoms with Crippen molar-refractivity contribution in [2.45, 2.75) is 52.2 Å². The number of carbonyl (C=O) groups excluding carboxylic acids is 1. The maximum atomic E-state index is 12.1. The predicted octanol–water partition coefficient (Wildman–Crippen LogP) is 3.83. The molecule has 1 aliphatic heterocycles. The van der Waals surface area contributed by atoms with Crippen LogP contribution in [0.15, 0.2) is 31.1 Å². The number of hydrogen-bond donors (Lipinski definition) is 0. The Morgan fingerprint density at radius 3 is 2.83 bits per heavy atom. The molecule has 1 amide bonds. The first kappa shape index (κ1) is 18.3. The number of aromatic nitrogens is 1. The summed E-state index contributed by atoms with van der Waals surface area (Å²) in [5, 5.41) is 0. The monoisotopic (exact) mass is 332 g/mol. The lowest BCUT2D eigenvalue weighted by atomic mass is 10.0. The van der Waals surface area contributed by atoms with E-state index >= 15 is 0 Å². The zero-order valence-electron chi connectivity index (χ0n) is 15.1. The average Bonchev–Trinajstić information content (AvgIpc) is 2.44. The van der Waals surface area contributed by atoms with Crippen LogP contribution in [0.1, 0.15) is 39.7 Å². The number of nitrogens with zero attached hydrogens (tertiary/aromatic N) is 2. The molecular weight excluding hydrogens is 304 g/mol. The molecule has 2 rings (SSSR count). The molecule has 0 radical (unpaired) electrons. The van der Waals surface area contributed by atoms with Crippen LogP contribution >= 0.6 is 0 Å². The first-order valence-electron chi connectivity index (χ1n) is 8.47. The van der Waals surface area contributed by atoms with Gasteiger partial charge in [-0.05, 0) is 51.2 Å². The van der Waals surface area contributed by atoms with E-state index in [9.17, 15) is 4.79 Å². The van der Waals surface area contributed by atoms with Gasteiger partial charge in [-0.25, -0.2) is 4.79 Å². The van der Waals surface area contributed by atoms with Gasteiger partial charge in [0.2, 0.25) is 0 Å². The largest absolute Gasteiger partial charge is 0.490 e. The van der Waals surface area contributed by atoms with E-state index in [2.05, 4.69) is 18.5 Å². The van der Waals surface area contributed by atoms with Gasteiger partial charge in [0.25, 0.3) is 0 Å². The summed E-state index contributed by atoms with van der Waals surface area (Å²) < 4.78 is 11.2. The molecule has 0 N–H and O–H groups in total. The number of carbonyl (C=O) groups is 1. The number of amides is 1. The molecule has 1 aliphatic rings. The summed E-state index contributed by atoms with van der Waals surface area (Å²) in [4.78, 5) is 18.1. The lowest BCUT2D eigenvalue weighted by molar-refractivity contribution is -0.0141. The van der Waals surface area contributed by atoms with Crippen LogP contribution in [0.5, 0.6) is 5.75 Å². The van der Waals surface area contributed by atoms with Gasteiger partial charge in [-0.15, -0.1) is 6.58 Å². The van der Waals surface area contributed by atoms with E-state index in [0.717, 1.165) is 30.7 Å². The fourth-order valence-corrected chi connectivity index (χ4v) is 2.48. The third-order valence-corrected chi connectivity index (χ3v) is 3.94. The van der Waals surface area contributed by atoms with Gasteiger partial charge in [-0.1, -0.05) is 13.0 Å². The molecule has 0 saturated carbocycles. The maximum absolute atomic E-state index is 12.1. The van der Waals surface area contributed by atoms with Crippen molar-refractivity contribution in [3.8, 4) is 5.75 Å². The summed E-state index contributed by atoms with van der Waals surface area (Å²) in [5.74, 6) is 1.14. The van der Waals surface area contributed by atoms with E-state index in [1.807, 2.05) is 39.1 Å². The highest BCUT2D eigenvalue weighted by Crippen LogP contribution is 2.23. The number of hydrogen-bond acceptors (Lipinski definition) is 4. The van der Waals surface area contributed by atoms with Crippen molar-refractivity contribution in [2.75, 3.05) is 13.2 Å². The molecule has 2 heterocycles. The van der Waals surface area contributed by atoms with E-state index in [1.54, 1.807) is 11.1 Å². The van der Waals surface area contributed by atoms with Gasteiger partial charge in [0.05, 0.1) is 12.2 Å². The molecule has 2 atom stereocenters. The molecule has 1 aromatic heterocycles. The van der Waals surface area contributed by atoms with Crippen LogP contribution in [0.25, 0.3) is 0 Å². The van der Waals surface area contributed by atoms with E-state index in [1.165, 1.54) is 0 Å². The van der Waals surface area contributed by atoms with Crippen molar-refractivity contribution in [1.82, 2.24) is 9.88 Å². The van der Waals surface area contributed by atoms with Crippen LogP contribution in [0.3, 0.4) is 0 Å². The Hall–Kier alpha value is -2.04. The van der Waals surface area contributed by atoms with Crippen LogP contribution in [0.2, 0.25) is 0 Å². The molecule has 1 fully saturated rings. The third-order valence-electron chi connectivity index (χ3n) is 3.94. The second-order valence-electron chi connectivity index (χ2n) is 7.37. The van der Waals surface area contributed by atoms with Gasteiger partial charge in [-0.3, -0.25) is 4.98 Å². The molecule has 1 saturated heterocycles. The minimum Gasteiger partial charge on any atom is -0.490 e. The number of pyridine rings is 1. The smallest absolute Gasteiger partial charge is 0.410 e. The number of rotatable bonds is 6. The molecule has 5 heteroatoms. The van der Waals surface area contributed by atoms with Crippen LogP contribution in [-0.4, -0.2) is 40.8 Å². The number of allylic oxidation sites excluding steroid dienone is 1. The summed E-state index contributed by atoms with van der Waals surface area (Å²) in [5.41, 5.74) is 0.649. The fraction of sp³-hybridized carbons (Fsp3) is 0.579. The zero-order valence-corrected chi connectivity index (χ0v) is 15.1. The van der Waals surface area contributed by atoms with E-state index in [-0.39, 0.29) is 12.1 Å². The molecule has 1 aromatic rings. The Bertz CT molecular complexity index is 580. The molecule has 0 aliphatic carbocycles. The van der Waals surface area contributed by atoms with Gasteiger partial charge < -0.3 is 14.4 Å². The molecule has 132 valence electrons. The Balaban J connectivity index is 1.86. The van der Waals surface area contributed by atoms with Gasteiger partial charge in [-0.2, -0.15) is 0 Å². The second kappa shape index (κ2) is 7.69. The van der Waals surface area contributed by atoms with Crippen LogP contribution < -0.4 is 4.74 Å². The van der Waals surface area contributed by atoms with E-state index in [4.69, 9.17) is 9.47 Å². The summed E-state index contributed by atoms with van der Waals surface area (Å²) in [6, 6.07) is 2.07. The quantitative estimate of drug-likeness (QED) is 0.743. The standard InChI is InChI=1S/C19H28N2O3/c1-6-14(2)9-15-10-17(12-20-11-15)23-13-16-7-8-21(16)18(22)24-19(3,4)5/h6,10-12,14,16H,1,7-9,13H2,2-5H3/t14-,16-/m0/s1. The minimum absolute atomic E-state index is 0.0654. The van der Waals surface area contributed by atoms with Crippen LogP contribution in [-0.2, 0) is 11.2 Å². The van der Waals surface area contributed by atoms with E-state index in [0.29, 0.717) is 12.5 Å². The highest BCUT2D eigenvalue weighted by atomic mass is 16.6. The number of likely N-dealkylation sites (tertiary alicyclic amines) is 1. The second-order valence-corrected chi connectivity index (χ2v) is 7.37. The van der Waals surface area contributed by atoms with Gasteiger partial charge in [0, 0.05) is 12.7 Å². The average molecular weight is 332 g/mol. The maximum Gasteiger partial charge on any atom is 0.410 e. The summed E-state index contributed by atoms with van der Waals surface area (Å²) in [6.45, 7) is 12.7. The summed E-state index contributed by atoms with van der Waals surface area (Å²) in [6.07, 6.45) is 7.04. The molecule has 0 aromatic carbocycles. The molecule has 24 heavy (non-hydrogen) atoms. The molecule has 0 bridgehead atoms. The van der Waals surface area contributed by atoms with Gasteiger partial charge >= 0.3 is 6.09 Å². The van der Waals surface area contributed by atoms with Crippen LogP contribution in [0, 0.1) is 5.92 Å². The highest BCUT2D eigenvalue weighted by Gasteiger charge is 2.35. The van der Waals surface area contributed by atoms with Crippen LogP contribution in [0.4, 0.5) is 4.79 Å². The minimum atomic E-state index is -0.474. The van der Waals surface area contributed by atoms with Crippen molar-refractivity contribution in [2.24, 2.45) is 5.92 Å². The summed E-state index contributed by atoms with van der Waals surface area (Å²) >= 11 is 0. The zero-order chi connectivity index (χ0) is 17.7. The van der Waals surface area contributed by atoms with Crippen molar-refractivity contribution >= 4 is 6.09 Å². The predicted molar refractivity (Wildman–Crippen MR) is 94.1 cm³/mol. The van der Waals surface area contributed by atoms with Crippen molar-refractivity contribution in [3.63, 3.8) is 0 Å². The molecule has 5 nitrogen and oxygen atoms in total. The molecule has 0 spiro atoms. The van der Waals surface area contributed by atoms with E-state index < -0.39 is 5.60 Å². The fourth-order valence-electron chi connectivity index (χ4n) is 2.48. The third kappa shape index (κ3) is 5.25. The van der Waals surface area contributed by atoms with Gasteiger partial charge in [0.1, 0.15) is 18.0 Å². The Kier molecular flexibility index (Phi) is 5.86. The lowest BCUT2D eigenvalue weighted by Gasteiger charge is -2.40. The molecule has 0 unspecified atom stereocenters. The van der Waals surface area contributed by atoms with Gasteiger partial charge in [0.15, 0.2) is 0 Å². The lowest BCUT2D eigenvalue weighted by Crippen LogP contribution is -2.55. The first-order chi connectivity index (χ1) is 11.3. The highest BCUT2D eigenvalue weighted by molar-refractivity contribution is 5.69. The number of ether oxygens (including phenoxy) is 2. The normalized spacial score (nSPS) is 18.5.